The number of carbonyl (C=O) groups excluding carboxylic acids is 4. The summed E-state index contributed by atoms with van der Waals surface area (Å²) < 4.78 is 82.8. The number of nitrogens with zero attached hydrogens (tertiary/aromatic N) is 2. The summed E-state index contributed by atoms with van der Waals surface area (Å²) in [5.41, 5.74) is 10.4. The monoisotopic (exact) mass is 1270 g/mol. The molecule has 6 aromatic carbocycles. The van der Waals surface area contributed by atoms with Crippen LogP contribution in [0.25, 0.3) is 4.85 Å². The normalized spacial score (nSPS) is 13.1. The number of phenols is 2. The highest BCUT2D eigenvalue weighted by atomic mass is 32.2. The van der Waals surface area contributed by atoms with Crippen molar-refractivity contribution < 1.29 is 75.1 Å². The Hall–Kier alpha value is -7.91. The third-order valence-corrected chi connectivity index (χ3v) is 16.3. The SMILES string of the molecule is CCONCCCOCCOCCOCCCN.O=C1OC2(c3cc(F)c(O)cc3Oc3cc(O)c(F)cc32)c2ccccc21.[C-]#[N+]CN(C(=O)CNC(=O)C(C)CCCCC)S(=O)(=O)c1ccc(C(=O)NC(c2ccc(C)cc2)c2ccc(P)cc2)cc1. The second-order valence-corrected chi connectivity index (χ2v) is 23.2. The first-order chi connectivity index (χ1) is 42.8. The van der Waals surface area contributed by atoms with Crippen LogP contribution in [-0.4, -0.2) is 119 Å². The van der Waals surface area contributed by atoms with Crippen molar-refractivity contribution in [1.29, 1.82) is 0 Å². The number of amides is 3. The summed E-state index contributed by atoms with van der Waals surface area (Å²) in [6, 6.07) is 30.9. The number of phenolic OH excluding ortho intramolecular Hbond substituents is 2. The molecule has 7 N–H and O–H groups in total. The van der Waals surface area contributed by atoms with E-state index in [9.17, 15) is 46.6 Å². The maximum absolute atomic E-state index is 14.2. The van der Waals surface area contributed by atoms with Crippen molar-refractivity contribution in [3.8, 4) is 23.0 Å². The molecule has 3 unspecified atom stereocenters. The molecule has 476 valence electrons. The van der Waals surface area contributed by atoms with Crippen molar-refractivity contribution >= 4 is 48.3 Å². The molecule has 3 atom stereocenters. The molecule has 89 heavy (non-hydrogen) atoms. The molecule has 0 radical (unpaired) electrons. The lowest BCUT2D eigenvalue weighted by Gasteiger charge is -2.36. The van der Waals surface area contributed by atoms with Crippen LogP contribution in [0, 0.1) is 31.0 Å². The highest BCUT2D eigenvalue weighted by molar-refractivity contribution is 7.89. The molecule has 0 aliphatic carbocycles. The summed E-state index contributed by atoms with van der Waals surface area (Å²) in [5, 5.41) is 26.0. The van der Waals surface area contributed by atoms with Crippen molar-refractivity contribution in [2.24, 2.45) is 11.7 Å². The highest BCUT2D eigenvalue weighted by Gasteiger charge is 2.54. The number of esters is 1. The van der Waals surface area contributed by atoms with Crippen LogP contribution in [0.3, 0.4) is 0 Å². The van der Waals surface area contributed by atoms with Crippen LogP contribution < -0.4 is 31.9 Å². The number of rotatable bonds is 29. The predicted octanol–water partition coefficient (Wildman–Crippen LogP) is 9.00. The van der Waals surface area contributed by atoms with Gasteiger partial charge in [0.15, 0.2) is 28.7 Å². The van der Waals surface area contributed by atoms with E-state index in [1.165, 1.54) is 24.3 Å². The summed E-state index contributed by atoms with van der Waals surface area (Å²) >= 11 is 0. The van der Waals surface area contributed by atoms with E-state index in [1.54, 1.807) is 31.2 Å². The largest absolute Gasteiger partial charge is 0.505 e. The maximum Gasteiger partial charge on any atom is 0.340 e. The minimum absolute atomic E-state index is 0.0249. The van der Waals surface area contributed by atoms with Gasteiger partial charge in [0.1, 0.15) is 11.5 Å². The molecule has 2 aliphatic rings. The molecular formula is C65H77F2N6O14PS. The van der Waals surface area contributed by atoms with E-state index in [-0.39, 0.29) is 50.5 Å². The van der Waals surface area contributed by atoms with E-state index in [0.717, 1.165) is 91.5 Å². The molecule has 0 bridgehead atoms. The van der Waals surface area contributed by atoms with Crippen molar-refractivity contribution in [3.63, 3.8) is 0 Å². The van der Waals surface area contributed by atoms with Gasteiger partial charge in [-0.1, -0.05) is 105 Å². The Morgan fingerprint density at radius 2 is 1.35 bits per heavy atom. The topological polar surface area (TPSA) is 268 Å². The number of benzene rings is 6. The van der Waals surface area contributed by atoms with Crippen molar-refractivity contribution in [1.82, 2.24) is 20.4 Å². The first-order valence-corrected chi connectivity index (χ1v) is 31.2. The molecule has 20 nitrogen and oxygen atoms in total. The number of aromatic hydroxyl groups is 2. The van der Waals surface area contributed by atoms with Gasteiger partial charge < -0.3 is 55.1 Å². The smallest absolute Gasteiger partial charge is 0.340 e. The fourth-order valence-electron chi connectivity index (χ4n) is 9.37. The zero-order valence-electron chi connectivity index (χ0n) is 50.2. The van der Waals surface area contributed by atoms with Crippen molar-refractivity contribution in [3.05, 3.63) is 189 Å². The lowest BCUT2D eigenvalue weighted by Crippen LogP contribution is -2.44. The summed E-state index contributed by atoms with van der Waals surface area (Å²) in [6.07, 6.45) is 5.38. The van der Waals surface area contributed by atoms with E-state index in [4.69, 9.17) is 40.8 Å². The van der Waals surface area contributed by atoms with Gasteiger partial charge >= 0.3 is 12.6 Å². The molecule has 2 aliphatic heterocycles. The first-order valence-electron chi connectivity index (χ1n) is 29.1. The van der Waals surface area contributed by atoms with Gasteiger partial charge in [0.05, 0.1) is 67.2 Å². The summed E-state index contributed by atoms with van der Waals surface area (Å²) in [6.45, 7) is 19.7. The standard InChI is InChI=1S/C33H39N4O5PS.C20H10F2O5.C12H28N2O4/c1-5-6-7-8-24(3)32(39)35-21-30(38)37(22-34-4)44(41,42)29-19-15-27(16-20-29)33(40)36-31(25-11-9-23(2)10-12-25)26-13-17-28(43)18-14-26;21-13-5-11-17(7-15(13)23)26-18-8-16(24)14(22)6-12(18)20(11)10-4-2-1-3-9(10)19(25)27-20;1-2-18-14-6-4-8-16-10-12-17-11-9-15-7-3-5-13/h9-20,24,31H,5-8,21-22,43H2,1-3H3,(H,35,39)(H,36,40);1-8,23-24H;14H,2-13H2,1H3. The van der Waals surface area contributed by atoms with Gasteiger partial charge in [0.25, 0.3) is 21.8 Å². The van der Waals surface area contributed by atoms with Crippen LogP contribution in [0.15, 0.2) is 126 Å². The maximum atomic E-state index is 14.2. The fraction of sp³-hybridized carbons (Fsp3) is 0.369. The number of aryl methyl sites for hydroxylation is 1. The van der Waals surface area contributed by atoms with Gasteiger partial charge in [-0.05, 0) is 98.6 Å². The van der Waals surface area contributed by atoms with E-state index in [1.807, 2.05) is 62.4 Å². The number of hydrogen-bond donors (Lipinski definition) is 6. The van der Waals surface area contributed by atoms with Gasteiger partial charge in [0, 0.05) is 48.9 Å². The van der Waals surface area contributed by atoms with Crippen LogP contribution in [0.2, 0.25) is 0 Å². The lowest BCUT2D eigenvalue weighted by molar-refractivity contribution is -0.130. The van der Waals surface area contributed by atoms with E-state index >= 15 is 0 Å². The van der Waals surface area contributed by atoms with Crippen LogP contribution in [-0.2, 0) is 49.0 Å². The van der Waals surface area contributed by atoms with Gasteiger partial charge in [-0.15, -0.1) is 9.24 Å². The molecule has 3 amide bonds. The Morgan fingerprint density at radius 3 is 1.92 bits per heavy atom. The van der Waals surface area contributed by atoms with Gasteiger partial charge in [-0.3, -0.25) is 19.2 Å². The van der Waals surface area contributed by atoms with Crippen LogP contribution in [0.1, 0.15) is 119 Å². The Kier molecular flexibility index (Phi) is 27.4. The number of sulfonamides is 1. The Bertz CT molecular complexity index is 3370. The number of carbonyl (C=O) groups is 4. The Morgan fingerprint density at radius 1 is 0.775 bits per heavy atom. The number of hydroxylamine groups is 1. The molecule has 24 heteroatoms. The first kappa shape index (κ1) is 70.2. The molecule has 2 heterocycles. The number of halogens is 2. The summed E-state index contributed by atoms with van der Waals surface area (Å²) in [4.78, 5) is 58.9. The molecule has 1 spiro atoms. The molecular weight excluding hydrogens is 1190 g/mol. The van der Waals surface area contributed by atoms with Crippen LogP contribution in [0.5, 0.6) is 23.0 Å². The summed E-state index contributed by atoms with van der Waals surface area (Å²) in [7, 11) is -1.79. The summed E-state index contributed by atoms with van der Waals surface area (Å²) in [5.74, 6) is -5.82. The quantitative estimate of drug-likeness (QED) is 0.00841. The Balaban J connectivity index is 0.000000237. The number of fused-ring (bicyclic) bond motifs is 6. The van der Waals surface area contributed by atoms with Gasteiger partial charge in [-0.2, -0.15) is 4.31 Å². The van der Waals surface area contributed by atoms with Gasteiger partial charge in [-0.25, -0.2) is 34.0 Å². The number of nitrogens with one attached hydrogen (secondary N) is 3. The van der Waals surface area contributed by atoms with Crippen LogP contribution >= 0.6 is 9.24 Å². The zero-order valence-corrected chi connectivity index (χ0v) is 52.2. The molecule has 0 aromatic heterocycles. The number of hydrogen-bond acceptors (Lipinski definition) is 16. The van der Waals surface area contributed by atoms with E-state index in [2.05, 4.69) is 37.1 Å². The van der Waals surface area contributed by atoms with Crippen LogP contribution in [0.4, 0.5) is 8.78 Å². The second kappa shape index (κ2) is 34.7. The second-order valence-electron chi connectivity index (χ2n) is 20.6. The minimum Gasteiger partial charge on any atom is -0.505 e. The average Bonchev–Trinajstić information content (AvgIpc) is 1.65. The molecule has 0 saturated heterocycles. The molecule has 0 saturated carbocycles. The zero-order chi connectivity index (χ0) is 64.5. The predicted molar refractivity (Wildman–Crippen MR) is 333 cm³/mol. The Labute approximate surface area is 520 Å². The number of nitrogens with two attached hydrogens (primary N) is 1. The lowest BCUT2D eigenvalue weighted by atomic mass is 9.77. The number of unbranched alkanes of at least 4 members (excludes halogenated alkanes) is 2. The molecule has 0 fully saturated rings. The molecule has 8 rings (SSSR count). The van der Waals surface area contributed by atoms with E-state index in [0.29, 0.717) is 62.5 Å². The molecule has 6 aromatic rings. The van der Waals surface area contributed by atoms with Gasteiger partial charge in [0.2, 0.25) is 5.91 Å². The fourth-order valence-corrected chi connectivity index (χ4v) is 10.8. The van der Waals surface area contributed by atoms with Crippen molar-refractivity contribution in [2.75, 3.05) is 72.6 Å². The third-order valence-electron chi connectivity index (χ3n) is 14.1. The minimum atomic E-state index is -4.42. The van der Waals surface area contributed by atoms with Crippen molar-refractivity contribution in [2.45, 2.75) is 82.8 Å². The highest BCUT2D eigenvalue weighted by Crippen LogP contribution is 2.57. The van der Waals surface area contributed by atoms with E-state index < -0.39 is 75.8 Å². The third kappa shape index (κ3) is 19.1. The number of ether oxygens (including phenoxy) is 5. The average molecular weight is 1270 g/mol.